The normalized spacial score (nSPS) is 19.0. The van der Waals surface area contributed by atoms with E-state index in [1.54, 1.807) is 12.4 Å². The molecule has 0 bridgehead atoms. The summed E-state index contributed by atoms with van der Waals surface area (Å²) in [4.78, 5) is 21.4. The Morgan fingerprint density at radius 3 is 2.90 bits per heavy atom. The molecule has 1 amide bonds. The zero-order valence-corrected chi connectivity index (χ0v) is 11.7. The highest BCUT2D eigenvalue weighted by Crippen LogP contribution is 2.34. The van der Waals surface area contributed by atoms with Crippen LogP contribution >= 0.6 is 11.3 Å². The molecular weight excluding hydrogens is 274 g/mol. The van der Waals surface area contributed by atoms with Crippen molar-refractivity contribution >= 4 is 17.4 Å². The van der Waals surface area contributed by atoms with E-state index in [4.69, 9.17) is 0 Å². The lowest BCUT2D eigenvalue weighted by atomic mass is 10.0. The molecule has 3 rings (SSSR count). The molecule has 104 valence electrons. The first-order chi connectivity index (χ1) is 9.75. The summed E-state index contributed by atoms with van der Waals surface area (Å²) in [6.07, 6.45) is 5.46. The fourth-order valence-corrected chi connectivity index (χ4v) is 3.49. The molecule has 2 aromatic heterocycles. The van der Waals surface area contributed by atoms with Crippen molar-refractivity contribution < 1.29 is 9.90 Å². The Kier molecular flexibility index (Phi) is 3.64. The fraction of sp³-hybridized carbons (Fsp3) is 0.357. The van der Waals surface area contributed by atoms with Crippen molar-refractivity contribution in [3.63, 3.8) is 0 Å². The number of piperidine rings is 1. The standard InChI is InChI=1S/C14H15N3O2S/c18-14(19)17-8-2-1-3-12(17)13-16-11(9-20-13)10-4-6-15-7-5-10/h4-7,9,12H,1-3,8H2,(H,18,19)/t12-/m1/s1. The summed E-state index contributed by atoms with van der Waals surface area (Å²) in [5, 5.41) is 12.2. The molecule has 1 aliphatic rings. The summed E-state index contributed by atoms with van der Waals surface area (Å²) in [7, 11) is 0. The van der Waals surface area contributed by atoms with E-state index in [-0.39, 0.29) is 6.04 Å². The van der Waals surface area contributed by atoms with E-state index in [0.29, 0.717) is 6.54 Å². The minimum Gasteiger partial charge on any atom is -0.465 e. The van der Waals surface area contributed by atoms with E-state index in [1.165, 1.54) is 16.2 Å². The van der Waals surface area contributed by atoms with Crippen LogP contribution < -0.4 is 0 Å². The summed E-state index contributed by atoms with van der Waals surface area (Å²) in [6.45, 7) is 0.601. The van der Waals surface area contributed by atoms with Crippen LogP contribution in [0.2, 0.25) is 0 Å². The largest absolute Gasteiger partial charge is 0.465 e. The van der Waals surface area contributed by atoms with Crippen LogP contribution in [0.25, 0.3) is 11.3 Å². The molecule has 0 saturated carbocycles. The predicted octanol–water partition coefficient (Wildman–Crippen LogP) is 3.41. The molecule has 0 spiro atoms. The Bertz CT molecular complexity index is 599. The molecule has 2 aromatic rings. The first kappa shape index (κ1) is 13.1. The van der Waals surface area contributed by atoms with Crippen LogP contribution in [0.15, 0.2) is 29.9 Å². The summed E-state index contributed by atoms with van der Waals surface area (Å²) in [5.41, 5.74) is 1.91. The van der Waals surface area contributed by atoms with Gasteiger partial charge in [0.15, 0.2) is 0 Å². The Labute approximate surface area is 120 Å². The second kappa shape index (κ2) is 5.58. The van der Waals surface area contributed by atoms with Crippen LogP contribution in [0, 0.1) is 0 Å². The molecule has 0 radical (unpaired) electrons. The van der Waals surface area contributed by atoms with Gasteiger partial charge in [-0.1, -0.05) is 0 Å². The van der Waals surface area contributed by atoms with Gasteiger partial charge in [-0.05, 0) is 31.4 Å². The quantitative estimate of drug-likeness (QED) is 0.920. The van der Waals surface area contributed by atoms with Gasteiger partial charge in [0, 0.05) is 29.9 Å². The number of hydrogen-bond acceptors (Lipinski definition) is 4. The summed E-state index contributed by atoms with van der Waals surface area (Å²) < 4.78 is 0. The third kappa shape index (κ3) is 2.51. The zero-order chi connectivity index (χ0) is 13.9. The average molecular weight is 289 g/mol. The zero-order valence-electron chi connectivity index (χ0n) is 10.9. The van der Waals surface area contributed by atoms with Crippen LogP contribution in [-0.2, 0) is 0 Å². The minimum atomic E-state index is -0.852. The highest BCUT2D eigenvalue weighted by atomic mass is 32.1. The molecule has 3 heterocycles. The molecule has 6 heteroatoms. The maximum Gasteiger partial charge on any atom is 0.407 e. The molecule has 20 heavy (non-hydrogen) atoms. The smallest absolute Gasteiger partial charge is 0.407 e. The van der Waals surface area contributed by atoms with Gasteiger partial charge in [0.2, 0.25) is 0 Å². The van der Waals surface area contributed by atoms with Crippen LogP contribution in [0.5, 0.6) is 0 Å². The van der Waals surface area contributed by atoms with Crippen molar-refractivity contribution in [2.45, 2.75) is 25.3 Å². The van der Waals surface area contributed by atoms with Crippen LogP contribution in [0.3, 0.4) is 0 Å². The van der Waals surface area contributed by atoms with Crippen molar-refractivity contribution in [3.05, 3.63) is 34.9 Å². The lowest BCUT2D eigenvalue weighted by Crippen LogP contribution is -2.37. The van der Waals surface area contributed by atoms with Crippen LogP contribution in [0.1, 0.15) is 30.3 Å². The maximum absolute atomic E-state index is 11.3. The van der Waals surface area contributed by atoms with E-state index in [0.717, 1.165) is 35.5 Å². The van der Waals surface area contributed by atoms with E-state index >= 15 is 0 Å². The topological polar surface area (TPSA) is 66.3 Å². The summed E-state index contributed by atoms with van der Waals surface area (Å²) in [6, 6.07) is 3.73. The van der Waals surface area contributed by atoms with Gasteiger partial charge >= 0.3 is 6.09 Å². The van der Waals surface area contributed by atoms with Gasteiger partial charge < -0.3 is 5.11 Å². The third-order valence-electron chi connectivity index (χ3n) is 3.53. The minimum absolute atomic E-state index is 0.0955. The molecular formula is C14H15N3O2S. The van der Waals surface area contributed by atoms with Crippen LogP contribution in [-0.4, -0.2) is 32.6 Å². The summed E-state index contributed by atoms with van der Waals surface area (Å²) >= 11 is 1.54. The number of pyridine rings is 1. The number of rotatable bonds is 2. The highest BCUT2D eigenvalue weighted by molar-refractivity contribution is 7.10. The second-order valence-corrected chi connectivity index (χ2v) is 5.68. The third-order valence-corrected chi connectivity index (χ3v) is 4.48. The number of thiazole rings is 1. The second-order valence-electron chi connectivity index (χ2n) is 4.79. The molecule has 1 saturated heterocycles. The molecule has 1 aliphatic heterocycles. The maximum atomic E-state index is 11.3. The van der Waals surface area contributed by atoms with Gasteiger partial charge in [-0.3, -0.25) is 9.88 Å². The monoisotopic (exact) mass is 289 g/mol. The van der Waals surface area contributed by atoms with E-state index in [2.05, 4.69) is 9.97 Å². The first-order valence-corrected chi connectivity index (χ1v) is 7.49. The van der Waals surface area contributed by atoms with Gasteiger partial charge in [0.25, 0.3) is 0 Å². The number of amides is 1. The van der Waals surface area contributed by atoms with E-state index < -0.39 is 6.09 Å². The number of carboxylic acid groups (broad SMARTS) is 1. The van der Waals surface area contributed by atoms with Crippen molar-refractivity contribution in [1.29, 1.82) is 0 Å². The van der Waals surface area contributed by atoms with E-state index in [1.807, 2.05) is 17.5 Å². The Morgan fingerprint density at radius 2 is 2.15 bits per heavy atom. The average Bonchev–Trinajstić information content (AvgIpc) is 2.98. The first-order valence-electron chi connectivity index (χ1n) is 6.61. The Balaban J connectivity index is 1.87. The molecule has 1 fully saturated rings. The number of hydrogen-bond donors (Lipinski definition) is 1. The Hall–Kier alpha value is -1.95. The highest BCUT2D eigenvalue weighted by Gasteiger charge is 2.29. The fourth-order valence-electron chi connectivity index (χ4n) is 2.51. The van der Waals surface area contributed by atoms with Gasteiger partial charge in [-0.15, -0.1) is 11.3 Å². The number of nitrogens with zero attached hydrogens (tertiary/aromatic N) is 3. The van der Waals surface area contributed by atoms with Crippen molar-refractivity contribution in [2.24, 2.45) is 0 Å². The van der Waals surface area contributed by atoms with Crippen molar-refractivity contribution in [1.82, 2.24) is 14.9 Å². The molecule has 1 N–H and O–H groups in total. The molecule has 0 aliphatic carbocycles. The number of carbonyl (C=O) groups is 1. The van der Waals surface area contributed by atoms with Gasteiger partial charge in [0.05, 0.1) is 11.7 Å². The van der Waals surface area contributed by atoms with Crippen molar-refractivity contribution in [3.8, 4) is 11.3 Å². The molecule has 0 unspecified atom stereocenters. The number of aromatic nitrogens is 2. The Morgan fingerprint density at radius 1 is 1.35 bits per heavy atom. The van der Waals surface area contributed by atoms with E-state index in [9.17, 15) is 9.90 Å². The lowest BCUT2D eigenvalue weighted by molar-refractivity contribution is 0.106. The van der Waals surface area contributed by atoms with Crippen LogP contribution in [0.4, 0.5) is 4.79 Å². The van der Waals surface area contributed by atoms with Gasteiger partial charge in [-0.2, -0.15) is 0 Å². The lowest BCUT2D eigenvalue weighted by Gasteiger charge is -2.32. The van der Waals surface area contributed by atoms with Gasteiger partial charge in [0.1, 0.15) is 5.01 Å². The van der Waals surface area contributed by atoms with Gasteiger partial charge in [-0.25, -0.2) is 9.78 Å². The predicted molar refractivity (Wildman–Crippen MR) is 76.7 cm³/mol. The van der Waals surface area contributed by atoms with Crippen molar-refractivity contribution in [2.75, 3.05) is 6.54 Å². The summed E-state index contributed by atoms with van der Waals surface area (Å²) in [5.74, 6) is 0. The number of likely N-dealkylation sites (tertiary alicyclic amines) is 1. The molecule has 5 nitrogen and oxygen atoms in total. The SMILES string of the molecule is O=C(O)N1CCCC[C@@H]1c1nc(-c2ccncc2)cs1. The molecule has 0 aromatic carbocycles. The molecule has 1 atom stereocenters.